The average Bonchev–Trinajstić information content (AvgIpc) is 2.78. The first-order valence-corrected chi connectivity index (χ1v) is 14.7. The Balaban J connectivity index is 1.71. The van der Waals surface area contributed by atoms with E-state index in [4.69, 9.17) is 9.84 Å². The van der Waals surface area contributed by atoms with Gasteiger partial charge < -0.3 is 14.4 Å². The zero-order valence-corrected chi connectivity index (χ0v) is 20.6. The third kappa shape index (κ3) is 10.8. The van der Waals surface area contributed by atoms with Crippen LogP contribution < -0.4 is 5.09 Å². The molecular weight excluding hydrogens is 467 g/mol. The van der Waals surface area contributed by atoms with Gasteiger partial charge in [-0.3, -0.25) is 14.7 Å². The van der Waals surface area contributed by atoms with Crippen LogP contribution in [0.5, 0.6) is 0 Å². The van der Waals surface area contributed by atoms with Crippen molar-refractivity contribution in [3.05, 3.63) is 59.8 Å². The molecule has 0 aliphatic heterocycles. The summed E-state index contributed by atoms with van der Waals surface area (Å²) in [4.78, 5) is 26.6. The molecule has 1 unspecified atom stereocenters. The molecule has 0 aliphatic rings. The number of aliphatic carboxylic acids is 1. The molecular formula is C22H29N2O5PS2. The van der Waals surface area contributed by atoms with Gasteiger partial charge in [0.15, 0.2) is 13.1 Å². The summed E-state index contributed by atoms with van der Waals surface area (Å²) in [6.45, 7) is 2.82. The molecule has 0 radical (unpaired) electrons. The van der Waals surface area contributed by atoms with Gasteiger partial charge in [0.2, 0.25) is 0 Å². The lowest BCUT2D eigenvalue weighted by atomic mass is 10.1. The van der Waals surface area contributed by atoms with Crippen molar-refractivity contribution in [3.8, 4) is 0 Å². The van der Waals surface area contributed by atoms with Gasteiger partial charge in [-0.2, -0.15) is 0 Å². The quantitative estimate of drug-likeness (QED) is 0.149. The number of carboxylic acids is 1. The summed E-state index contributed by atoms with van der Waals surface area (Å²) in [5.41, 5.74) is 1.67. The van der Waals surface area contributed by atoms with Gasteiger partial charge in [0, 0.05) is 36.4 Å². The number of aromatic nitrogens is 1. The standard InChI is InChI=1S/C22H29N2O5PS2/c1-18(25)20-7-5-19(6-8-20)9-12-24-30(28,15-10-22(26)27)16-13-29-14-17-31-32-21-4-2-3-11-23-21/h2-8,11H,9-10,12-17H2,1H3,(H,24,28)(H,26,27). The fraction of sp³-hybridized carbons (Fsp3) is 0.409. The third-order valence-corrected chi connectivity index (χ3v) is 9.43. The monoisotopic (exact) mass is 496 g/mol. The number of Topliss-reactive ketones (excluding diaryl/α,β-unsaturated/α-hetero) is 1. The predicted molar refractivity (Wildman–Crippen MR) is 131 cm³/mol. The summed E-state index contributed by atoms with van der Waals surface area (Å²) in [5, 5.41) is 13.0. The van der Waals surface area contributed by atoms with Crippen LogP contribution in [0, 0.1) is 0 Å². The highest BCUT2D eigenvalue weighted by molar-refractivity contribution is 8.76. The van der Waals surface area contributed by atoms with E-state index in [0.29, 0.717) is 37.9 Å². The van der Waals surface area contributed by atoms with Crippen molar-refractivity contribution in [2.24, 2.45) is 0 Å². The van der Waals surface area contributed by atoms with Crippen LogP contribution in [0.4, 0.5) is 0 Å². The zero-order valence-electron chi connectivity index (χ0n) is 18.1. The Hall–Kier alpha value is -1.64. The molecule has 2 rings (SSSR count). The Morgan fingerprint density at radius 2 is 1.91 bits per heavy atom. The summed E-state index contributed by atoms with van der Waals surface area (Å²) in [7, 11) is 0.349. The molecule has 2 N–H and O–H groups in total. The Morgan fingerprint density at radius 1 is 1.12 bits per heavy atom. The van der Waals surface area contributed by atoms with Gasteiger partial charge in [-0.05, 0) is 41.8 Å². The molecule has 10 heteroatoms. The molecule has 0 fully saturated rings. The number of nitrogens with zero attached hydrogens (tertiary/aromatic N) is 1. The highest BCUT2D eigenvalue weighted by atomic mass is 33.1. The molecule has 0 amide bonds. The number of ketones is 1. The number of ether oxygens (including phenoxy) is 1. The first-order valence-electron chi connectivity index (χ1n) is 10.3. The van der Waals surface area contributed by atoms with Crippen LogP contribution in [0.2, 0.25) is 0 Å². The van der Waals surface area contributed by atoms with Crippen molar-refractivity contribution < 1.29 is 24.0 Å². The van der Waals surface area contributed by atoms with Gasteiger partial charge in [0.1, 0.15) is 5.03 Å². The summed E-state index contributed by atoms with van der Waals surface area (Å²) < 4.78 is 18.8. The minimum Gasteiger partial charge on any atom is -0.481 e. The lowest BCUT2D eigenvalue weighted by Crippen LogP contribution is -2.21. The number of hydrogen-bond donors (Lipinski definition) is 2. The van der Waals surface area contributed by atoms with Gasteiger partial charge >= 0.3 is 5.97 Å². The molecule has 1 atom stereocenters. The highest BCUT2D eigenvalue weighted by Crippen LogP contribution is 2.41. The van der Waals surface area contributed by atoms with E-state index in [1.807, 2.05) is 30.3 Å². The largest absolute Gasteiger partial charge is 0.481 e. The van der Waals surface area contributed by atoms with Crippen molar-refractivity contribution in [2.45, 2.75) is 24.8 Å². The second kappa shape index (κ2) is 14.5. The second-order valence-corrected chi connectivity index (χ2v) is 12.5. The molecule has 2 aromatic rings. The Kier molecular flexibility index (Phi) is 12.1. The third-order valence-electron chi connectivity index (χ3n) is 4.55. The molecule has 0 saturated heterocycles. The highest BCUT2D eigenvalue weighted by Gasteiger charge is 2.22. The number of carbonyl (C=O) groups is 2. The van der Waals surface area contributed by atoms with Crippen molar-refractivity contribution in [1.29, 1.82) is 0 Å². The van der Waals surface area contributed by atoms with E-state index in [0.717, 1.165) is 16.3 Å². The normalized spacial score (nSPS) is 12.9. The van der Waals surface area contributed by atoms with Gasteiger partial charge in [-0.25, -0.2) is 4.98 Å². The first-order chi connectivity index (χ1) is 15.4. The van der Waals surface area contributed by atoms with E-state index >= 15 is 0 Å². The molecule has 32 heavy (non-hydrogen) atoms. The maximum atomic E-state index is 13.2. The number of hydrogen-bond acceptors (Lipinski definition) is 7. The maximum Gasteiger partial charge on any atom is 0.303 e. The lowest BCUT2D eigenvalue weighted by molar-refractivity contribution is -0.136. The summed E-state index contributed by atoms with van der Waals surface area (Å²) in [6.07, 6.45) is 2.63. The van der Waals surface area contributed by atoms with Crippen molar-refractivity contribution >= 4 is 40.6 Å². The zero-order chi connectivity index (χ0) is 23.2. The van der Waals surface area contributed by atoms with Crippen LogP contribution in [-0.2, 0) is 20.5 Å². The Morgan fingerprint density at radius 3 is 2.56 bits per heavy atom. The molecule has 0 saturated carbocycles. The van der Waals surface area contributed by atoms with Gasteiger partial charge in [-0.15, -0.1) is 0 Å². The van der Waals surface area contributed by atoms with E-state index in [-0.39, 0.29) is 18.4 Å². The summed E-state index contributed by atoms with van der Waals surface area (Å²) in [6, 6.07) is 13.1. The lowest BCUT2D eigenvalue weighted by Gasteiger charge is -2.19. The predicted octanol–water partition coefficient (Wildman–Crippen LogP) is 4.63. The minimum atomic E-state index is -2.87. The smallest absolute Gasteiger partial charge is 0.303 e. The molecule has 1 aromatic carbocycles. The van der Waals surface area contributed by atoms with Crippen LogP contribution in [0.25, 0.3) is 0 Å². The molecule has 1 aromatic heterocycles. The minimum absolute atomic E-state index is 0.0153. The molecule has 0 aliphatic carbocycles. The molecule has 174 valence electrons. The molecule has 0 spiro atoms. The van der Waals surface area contributed by atoms with Crippen LogP contribution >= 0.6 is 28.9 Å². The van der Waals surface area contributed by atoms with Crippen LogP contribution in [0.3, 0.4) is 0 Å². The number of rotatable bonds is 16. The topological polar surface area (TPSA) is 106 Å². The number of pyridine rings is 1. The van der Waals surface area contributed by atoms with Crippen LogP contribution in [-0.4, -0.2) is 59.7 Å². The van der Waals surface area contributed by atoms with E-state index in [1.165, 1.54) is 6.92 Å². The number of benzene rings is 1. The van der Waals surface area contributed by atoms with Crippen LogP contribution in [0.15, 0.2) is 53.7 Å². The number of carboxylic acid groups (broad SMARTS) is 1. The van der Waals surface area contributed by atoms with Gasteiger partial charge in [0.05, 0.1) is 19.6 Å². The summed E-state index contributed by atoms with van der Waals surface area (Å²) in [5.74, 6) is -0.179. The van der Waals surface area contributed by atoms with Gasteiger partial charge in [-0.1, -0.05) is 41.1 Å². The second-order valence-electron chi connectivity index (χ2n) is 7.08. The first kappa shape index (κ1) is 26.6. The van der Waals surface area contributed by atoms with E-state index in [9.17, 15) is 14.2 Å². The average molecular weight is 497 g/mol. The van der Waals surface area contributed by atoms with Crippen LogP contribution in [0.1, 0.15) is 29.3 Å². The van der Waals surface area contributed by atoms with E-state index in [1.54, 1.807) is 39.9 Å². The maximum absolute atomic E-state index is 13.2. The van der Waals surface area contributed by atoms with Gasteiger partial charge in [0.25, 0.3) is 0 Å². The Labute approximate surface area is 196 Å². The van der Waals surface area contributed by atoms with Crippen molar-refractivity contribution in [3.63, 3.8) is 0 Å². The molecule has 1 heterocycles. The summed E-state index contributed by atoms with van der Waals surface area (Å²) >= 11 is 0. The van der Waals surface area contributed by atoms with E-state index in [2.05, 4.69) is 10.1 Å². The molecule has 7 nitrogen and oxygen atoms in total. The fourth-order valence-corrected chi connectivity index (χ4v) is 6.54. The van der Waals surface area contributed by atoms with Crippen molar-refractivity contribution in [1.82, 2.24) is 10.1 Å². The number of carbonyl (C=O) groups excluding carboxylic acids is 1. The Bertz CT molecular complexity index is 897. The fourth-order valence-electron chi connectivity index (χ4n) is 2.76. The van der Waals surface area contributed by atoms with Crippen molar-refractivity contribution in [2.75, 3.05) is 37.8 Å². The van der Waals surface area contributed by atoms with E-state index < -0.39 is 13.3 Å². The SMILES string of the molecule is CC(=O)c1ccc(CCNP(=O)(CCOCCSSc2ccccn2)CCC(=O)O)cc1. The molecule has 0 bridgehead atoms. The number of nitrogens with one attached hydrogen (secondary N) is 1.